The average Bonchev–Trinajstić information content (AvgIpc) is 2.92. The first-order valence-electron chi connectivity index (χ1n) is 8.01. The molecule has 2 aliphatic heterocycles. The number of sulfonamides is 1. The van der Waals surface area contributed by atoms with Gasteiger partial charge in [-0.25, -0.2) is 12.8 Å². The predicted molar refractivity (Wildman–Crippen MR) is 92.1 cm³/mol. The molecule has 3 heterocycles. The third-order valence-electron chi connectivity index (χ3n) is 4.94. The molecule has 0 bridgehead atoms. The van der Waals surface area contributed by atoms with Gasteiger partial charge in [0.2, 0.25) is 10.0 Å². The number of hydrogen-bond donors (Lipinski definition) is 0. The molecule has 4 rings (SSSR count). The average molecular weight is 366 g/mol. The number of thiophene rings is 1. The van der Waals surface area contributed by atoms with Gasteiger partial charge in [-0.1, -0.05) is 0 Å². The Balaban J connectivity index is 1.45. The van der Waals surface area contributed by atoms with E-state index in [2.05, 4.69) is 16.3 Å². The molecule has 1 fully saturated rings. The Morgan fingerprint density at radius 2 is 2.04 bits per heavy atom. The molecule has 128 valence electrons. The van der Waals surface area contributed by atoms with Crippen molar-refractivity contribution >= 4 is 21.4 Å². The van der Waals surface area contributed by atoms with Crippen molar-refractivity contribution in [3.8, 4) is 0 Å². The minimum atomic E-state index is -3.53. The topological polar surface area (TPSA) is 40.6 Å². The lowest BCUT2D eigenvalue weighted by molar-refractivity contribution is 0.0775. The van der Waals surface area contributed by atoms with Crippen molar-refractivity contribution in [3.63, 3.8) is 0 Å². The summed E-state index contributed by atoms with van der Waals surface area (Å²) >= 11 is 1.81. The lowest BCUT2D eigenvalue weighted by atomic mass is 10.0. The lowest BCUT2D eigenvalue weighted by Gasteiger charge is -2.45. The molecule has 1 aromatic heterocycles. The van der Waals surface area contributed by atoms with Gasteiger partial charge in [-0.3, -0.25) is 4.90 Å². The molecule has 4 nitrogen and oxygen atoms in total. The number of rotatable bonds is 3. The molecule has 0 aliphatic carbocycles. The Morgan fingerprint density at radius 3 is 2.79 bits per heavy atom. The molecule has 0 spiro atoms. The van der Waals surface area contributed by atoms with Crippen molar-refractivity contribution in [2.24, 2.45) is 0 Å². The Bertz CT molecular complexity index is 872. The Morgan fingerprint density at radius 1 is 1.25 bits per heavy atom. The highest BCUT2D eigenvalue weighted by Crippen LogP contribution is 2.30. The lowest BCUT2D eigenvalue weighted by Crippen LogP contribution is -2.61. The van der Waals surface area contributed by atoms with E-state index in [0.29, 0.717) is 18.7 Å². The number of hydrogen-bond acceptors (Lipinski definition) is 4. The number of benzene rings is 1. The van der Waals surface area contributed by atoms with Crippen LogP contribution in [0.2, 0.25) is 0 Å². The first-order valence-corrected chi connectivity index (χ1v) is 10.3. The van der Waals surface area contributed by atoms with Crippen LogP contribution in [0.3, 0.4) is 0 Å². The third-order valence-corrected chi connectivity index (χ3v) is 7.95. The fraction of sp³-hybridized carbons (Fsp3) is 0.412. The third kappa shape index (κ3) is 2.69. The summed E-state index contributed by atoms with van der Waals surface area (Å²) in [7, 11) is -3.53. The number of halogens is 1. The molecule has 7 heteroatoms. The Labute approximate surface area is 145 Å². The van der Waals surface area contributed by atoms with Gasteiger partial charge in [0.05, 0.1) is 4.90 Å². The maximum absolute atomic E-state index is 13.2. The Hall–Kier alpha value is -1.28. The normalized spacial score (nSPS) is 19.9. The summed E-state index contributed by atoms with van der Waals surface area (Å²) < 4.78 is 40.2. The highest BCUT2D eigenvalue weighted by molar-refractivity contribution is 7.89. The highest BCUT2D eigenvalue weighted by Gasteiger charge is 2.40. The van der Waals surface area contributed by atoms with E-state index in [0.717, 1.165) is 19.5 Å². The van der Waals surface area contributed by atoms with Crippen LogP contribution in [0.1, 0.15) is 16.0 Å². The van der Waals surface area contributed by atoms with Gasteiger partial charge in [0.15, 0.2) is 0 Å². The molecule has 0 saturated carbocycles. The molecule has 2 aliphatic rings. The molecular weight excluding hydrogens is 347 g/mol. The quantitative estimate of drug-likeness (QED) is 0.838. The molecule has 0 radical (unpaired) electrons. The molecule has 1 saturated heterocycles. The standard InChI is InChI=1S/C17H19FN2O2S2/c1-12-8-14(18)2-3-17(12)24(21,22)20-10-15(11-20)19-6-4-16-13(9-19)5-7-23-16/h2-3,5,7-8,15H,4,6,9-11H2,1H3. The first-order chi connectivity index (χ1) is 11.4. The van der Waals surface area contributed by atoms with Crippen molar-refractivity contribution in [3.05, 3.63) is 51.5 Å². The van der Waals surface area contributed by atoms with Gasteiger partial charge in [0.25, 0.3) is 0 Å². The SMILES string of the molecule is Cc1cc(F)ccc1S(=O)(=O)N1CC(N2CCc3sccc3C2)C1. The molecule has 0 N–H and O–H groups in total. The predicted octanol–water partition coefficient (Wildman–Crippen LogP) is 2.63. The van der Waals surface area contributed by atoms with Crippen LogP contribution >= 0.6 is 11.3 Å². The van der Waals surface area contributed by atoms with Gasteiger partial charge in [-0.2, -0.15) is 4.31 Å². The van der Waals surface area contributed by atoms with Crippen LogP contribution in [-0.2, 0) is 23.0 Å². The summed E-state index contributed by atoms with van der Waals surface area (Å²) in [5.74, 6) is -0.409. The van der Waals surface area contributed by atoms with Crippen molar-refractivity contribution in [2.45, 2.75) is 30.8 Å². The molecule has 2 aromatic rings. The molecule has 0 amide bonds. The van der Waals surface area contributed by atoms with Crippen molar-refractivity contribution in [2.75, 3.05) is 19.6 Å². The minimum absolute atomic E-state index is 0.209. The van der Waals surface area contributed by atoms with E-state index < -0.39 is 15.8 Å². The zero-order valence-electron chi connectivity index (χ0n) is 13.4. The second kappa shape index (κ2) is 5.91. The van der Waals surface area contributed by atoms with E-state index in [9.17, 15) is 12.8 Å². The van der Waals surface area contributed by atoms with Crippen LogP contribution in [0.5, 0.6) is 0 Å². The van der Waals surface area contributed by atoms with Crippen LogP contribution in [0.4, 0.5) is 4.39 Å². The second-order valence-electron chi connectivity index (χ2n) is 6.48. The molecule has 0 atom stereocenters. The van der Waals surface area contributed by atoms with Gasteiger partial charge >= 0.3 is 0 Å². The largest absolute Gasteiger partial charge is 0.293 e. The molecule has 0 unspecified atom stereocenters. The van der Waals surface area contributed by atoms with E-state index >= 15 is 0 Å². The van der Waals surface area contributed by atoms with Crippen LogP contribution in [-0.4, -0.2) is 43.3 Å². The monoisotopic (exact) mass is 366 g/mol. The molecule has 24 heavy (non-hydrogen) atoms. The van der Waals surface area contributed by atoms with Crippen LogP contribution in [0, 0.1) is 12.7 Å². The molecule has 1 aromatic carbocycles. The van der Waals surface area contributed by atoms with E-state index in [4.69, 9.17) is 0 Å². The summed E-state index contributed by atoms with van der Waals surface area (Å²) in [6.45, 7) is 4.56. The number of fused-ring (bicyclic) bond motifs is 1. The second-order valence-corrected chi connectivity index (χ2v) is 9.38. The van der Waals surface area contributed by atoms with Crippen molar-refractivity contribution in [1.82, 2.24) is 9.21 Å². The van der Waals surface area contributed by atoms with Crippen LogP contribution in [0.15, 0.2) is 34.5 Å². The van der Waals surface area contributed by atoms with E-state index in [1.165, 1.54) is 32.9 Å². The fourth-order valence-corrected chi connectivity index (χ4v) is 6.08. The van der Waals surface area contributed by atoms with Crippen molar-refractivity contribution in [1.29, 1.82) is 0 Å². The van der Waals surface area contributed by atoms with Gasteiger partial charge in [-0.15, -0.1) is 11.3 Å². The first kappa shape index (κ1) is 16.2. The summed E-state index contributed by atoms with van der Waals surface area (Å²) in [6.07, 6.45) is 1.05. The summed E-state index contributed by atoms with van der Waals surface area (Å²) in [5.41, 5.74) is 1.83. The number of nitrogens with zero attached hydrogens (tertiary/aromatic N) is 2. The van der Waals surface area contributed by atoms with E-state index in [1.807, 2.05) is 0 Å². The van der Waals surface area contributed by atoms with Gasteiger partial charge in [-0.05, 0) is 54.1 Å². The Kier molecular flexibility index (Phi) is 3.99. The van der Waals surface area contributed by atoms with Crippen LogP contribution in [0.25, 0.3) is 0 Å². The van der Waals surface area contributed by atoms with E-state index in [1.54, 1.807) is 18.3 Å². The summed E-state index contributed by atoms with van der Waals surface area (Å²) in [4.78, 5) is 4.04. The zero-order chi connectivity index (χ0) is 16.9. The smallest absolute Gasteiger partial charge is 0.243 e. The van der Waals surface area contributed by atoms with Crippen molar-refractivity contribution < 1.29 is 12.8 Å². The maximum Gasteiger partial charge on any atom is 0.243 e. The van der Waals surface area contributed by atoms with Gasteiger partial charge in [0, 0.05) is 37.1 Å². The van der Waals surface area contributed by atoms with Gasteiger partial charge in [0.1, 0.15) is 5.82 Å². The highest BCUT2D eigenvalue weighted by atomic mass is 32.2. The summed E-state index contributed by atoms with van der Waals surface area (Å²) in [6, 6.07) is 6.29. The maximum atomic E-state index is 13.2. The fourth-order valence-electron chi connectivity index (χ4n) is 3.47. The molecular formula is C17H19FN2O2S2. The van der Waals surface area contributed by atoms with E-state index in [-0.39, 0.29) is 10.9 Å². The zero-order valence-corrected chi connectivity index (χ0v) is 15.0. The number of aryl methyl sites for hydroxylation is 1. The minimum Gasteiger partial charge on any atom is -0.293 e. The summed E-state index contributed by atoms with van der Waals surface area (Å²) in [5, 5.41) is 2.13. The van der Waals surface area contributed by atoms with Crippen LogP contribution < -0.4 is 0 Å². The van der Waals surface area contributed by atoms with Gasteiger partial charge < -0.3 is 0 Å².